The number of rotatable bonds is 3. The van der Waals surface area contributed by atoms with Gasteiger partial charge >= 0.3 is 0 Å². The standard InChI is InChI=1S/C15H12ClF3/c1-9-2-4-11(14(18)6-9)12(16)7-10-3-5-13(17)15(19)8-10/h2-6,8,12H,7H2,1H3. The molecule has 0 amide bonds. The molecule has 0 aliphatic carbocycles. The highest BCUT2D eigenvalue weighted by Gasteiger charge is 2.14. The van der Waals surface area contributed by atoms with Gasteiger partial charge in [-0.3, -0.25) is 0 Å². The molecule has 1 unspecified atom stereocenters. The first-order chi connectivity index (χ1) is 8.97. The van der Waals surface area contributed by atoms with Gasteiger partial charge in [0.05, 0.1) is 5.38 Å². The van der Waals surface area contributed by atoms with Gasteiger partial charge in [0, 0.05) is 5.56 Å². The minimum Gasteiger partial charge on any atom is -0.207 e. The van der Waals surface area contributed by atoms with Crippen LogP contribution in [-0.4, -0.2) is 0 Å². The maximum atomic E-state index is 13.7. The Balaban J connectivity index is 2.20. The fraction of sp³-hybridized carbons (Fsp3) is 0.200. The van der Waals surface area contributed by atoms with Crippen LogP contribution >= 0.6 is 11.6 Å². The van der Waals surface area contributed by atoms with Gasteiger partial charge < -0.3 is 0 Å². The van der Waals surface area contributed by atoms with E-state index in [4.69, 9.17) is 11.6 Å². The number of alkyl halides is 1. The Morgan fingerprint density at radius 3 is 2.32 bits per heavy atom. The number of hydrogen-bond acceptors (Lipinski definition) is 0. The molecular weight excluding hydrogens is 273 g/mol. The van der Waals surface area contributed by atoms with E-state index >= 15 is 0 Å². The summed E-state index contributed by atoms with van der Waals surface area (Å²) in [6.45, 7) is 1.78. The monoisotopic (exact) mass is 284 g/mol. The van der Waals surface area contributed by atoms with Crippen molar-refractivity contribution in [2.45, 2.75) is 18.7 Å². The normalized spacial score (nSPS) is 12.5. The Hall–Kier alpha value is -1.48. The summed E-state index contributed by atoms with van der Waals surface area (Å²) in [5.41, 5.74) is 1.69. The van der Waals surface area contributed by atoms with E-state index in [9.17, 15) is 13.2 Å². The smallest absolute Gasteiger partial charge is 0.159 e. The lowest BCUT2D eigenvalue weighted by Gasteiger charge is -2.12. The third kappa shape index (κ3) is 3.29. The number of halogens is 4. The van der Waals surface area contributed by atoms with E-state index in [2.05, 4.69) is 0 Å². The van der Waals surface area contributed by atoms with Crippen molar-refractivity contribution in [3.05, 3.63) is 70.5 Å². The average Bonchev–Trinajstić information content (AvgIpc) is 2.33. The van der Waals surface area contributed by atoms with E-state index in [1.165, 1.54) is 12.1 Å². The third-order valence-electron chi connectivity index (χ3n) is 2.89. The second-order valence-corrected chi connectivity index (χ2v) is 4.97. The summed E-state index contributed by atoms with van der Waals surface area (Å²) in [4.78, 5) is 0. The molecular formula is C15H12ClF3. The molecule has 2 aromatic carbocycles. The predicted molar refractivity (Wildman–Crippen MR) is 69.8 cm³/mol. The SMILES string of the molecule is Cc1ccc(C(Cl)Cc2ccc(F)c(F)c2)c(F)c1. The molecule has 0 aliphatic rings. The molecule has 2 rings (SSSR count). The van der Waals surface area contributed by atoms with E-state index in [0.717, 1.165) is 17.7 Å². The molecule has 1 atom stereocenters. The maximum Gasteiger partial charge on any atom is 0.159 e. The summed E-state index contributed by atoms with van der Waals surface area (Å²) >= 11 is 6.13. The van der Waals surface area contributed by atoms with Crippen LogP contribution in [0.25, 0.3) is 0 Å². The number of hydrogen-bond donors (Lipinski definition) is 0. The predicted octanol–water partition coefficient (Wildman–Crippen LogP) is 4.93. The average molecular weight is 285 g/mol. The molecule has 19 heavy (non-hydrogen) atoms. The van der Waals surface area contributed by atoms with Crippen LogP contribution in [0.15, 0.2) is 36.4 Å². The van der Waals surface area contributed by atoms with Crippen LogP contribution in [-0.2, 0) is 6.42 Å². The molecule has 0 spiro atoms. The minimum absolute atomic E-state index is 0.235. The lowest BCUT2D eigenvalue weighted by Crippen LogP contribution is -2.00. The van der Waals surface area contributed by atoms with E-state index in [-0.39, 0.29) is 12.2 Å². The molecule has 0 heterocycles. The highest BCUT2D eigenvalue weighted by atomic mass is 35.5. The van der Waals surface area contributed by atoms with Gasteiger partial charge in [0.1, 0.15) is 5.82 Å². The van der Waals surface area contributed by atoms with Crippen LogP contribution in [0.3, 0.4) is 0 Å². The lowest BCUT2D eigenvalue weighted by atomic mass is 10.0. The molecule has 0 saturated heterocycles. The molecule has 100 valence electrons. The van der Waals surface area contributed by atoms with E-state index in [1.54, 1.807) is 19.1 Å². The Bertz CT molecular complexity index is 596. The summed E-state index contributed by atoms with van der Waals surface area (Å²) in [5.74, 6) is -2.22. The number of benzene rings is 2. The quantitative estimate of drug-likeness (QED) is 0.701. The fourth-order valence-corrected chi connectivity index (χ4v) is 2.22. The molecule has 0 nitrogen and oxygen atoms in total. The first-order valence-electron chi connectivity index (χ1n) is 5.81. The molecule has 0 bridgehead atoms. The molecule has 4 heteroatoms. The molecule has 0 fully saturated rings. The van der Waals surface area contributed by atoms with Gasteiger partial charge in [0.15, 0.2) is 11.6 Å². The van der Waals surface area contributed by atoms with Crippen LogP contribution in [0.1, 0.15) is 22.1 Å². The maximum absolute atomic E-state index is 13.7. The van der Waals surface area contributed by atoms with Crippen molar-refractivity contribution < 1.29 is 13.2 Å². The van der Waals surface area contributed by atoms with Crippen LogP contribution in [0, 0.1) is 24.4 Å². The zero-order chi connectivity index (χ0) is 14.0. The fourth-order valence-electron chi connectivity index (χ4n) is 1.87. The van der Waals surface area contributed by atoms with Crippen molar-refractivity contribution in [2.75, 3.05) is 0 Å². The van der Waals surface area contributed by atoms with Gasteiger partial charge in [-0.2, -0.15) is 0 Å². The van der Waals surface area contributed by atoms with Gasteiger partial charge in [0.2, 0.25) is 0 Å². The second-order valence-electron chi connectivity index (χ2n) is 4.45. The first-order valence-corrected chi connectivity index (χ1v) is 6.25. The van der Waals surface area contributed by atoms with E-state index < -0.39 is 17.0 Å². The zero-order valence-electron chi connectivity index (χ0n) is 10.3. The summed E-state index contributed by atoms with van der Waals surface area (Å²) < 4.78 is 39.6. The molecule has 0 N–H and O–H groups in total. The van der Waals surface area contributed by atoms with Gasteiger partial charge in [-0.05, 0) is 42.7 Å². The molecule has 0 aromatic heterocycles. The van der Waals surface area contributed by atoms with Gasteiger partial charge in [-0.15, -0.1) is 11.6 Å². The summed E-state index contributed by atoms with van der Waals surface area (Å²) in [7, 11) is 0. The number of aryl methyl sites for hydroxylation is 1. The van der Waals surface area contributed by atoms with Crippen LogP contribution in [0.2, 0.25) is 0 Å². The molecule has 2 aromatic rings. The minimum atomic E-state index is -0.925. The first kappa shape index (κ1) is 13.9. The lowest BCUT2D eigenvalue weighted by molar-refractivity contribution is 0.507. The van der Waals surface area contributed by atoms with Crippen molar-refractivity contribution in [3.63, 3.8) is 0 Å². The van der Waals surface area contributed by atoms with Crippen molar-refractivity contribution in [2.24, 2.45) is 0 Å². The van der Waals surface area contributed by atoms with Gasteiger partial charge in [-0.1, -0.05) is 18.2 Å². The second kappa shape index (κ2) is 5.66. The van der Waals surface area contributed by atoms with Crippen molar-refractivity contribution in [3.8, 4) is 0 Å². The van der Waals surface area contributed by atoms with Crippen molar-refractivity contribution in [1.29, 1.82) is 0 Å². The largest absolute Gasteiger partial charge is 0.207 e. The zero-order valence-corrected chi connectivity index (χ0v) is 11.0. The van der Waals surface area contributed by atoms with Gasteiger partial charge in [-0.25, -0.2) is 13.2 Å². The van der Waals surface area contributed by atoms with Crippen LogP contribution in [0.5, 0.6) is 0 Å². The van der Waals surface area contributed by atoms with Gasteiger partial charge in [0.25, 0.3) is 0 Å². The Morgan fingerprint density at radius 2 is 1.68 bits per heavy atom. The highest BCUT2D eigenvalue weighted by molar-refractivity contribution is 6.20. The Kier molecular flexibility index (Phi) is 4.15. The summed E-state index contributed by atoms with van der Waals surface area (Å²) in [6.07, 6.45) is 0.235. The van der Waals surface area contributed by atoms with E-state index in [0.29, 0.717) is 11.1 Å². The van der Waals surface area contributed by atoms with Crippen LogP contribution < -0.4 is 0 Å². The highest BCUT2D eigenvalue weighted by Crippen LogP contribution is 2.28. The summed E-state index contributed by atoms with van der Waals surface area (Å²) in [5, 5.41) is -0.620. The molecule has 0 aliphatic heterocycles. The van der Waals surface area contributed by atoms with Crippen molar-refractivity contribution in [1.82, 2.24) is 0 Å². The molecule has 0 radical (unpaired) electrons. The Labute approximate surface area is 114 Å². The summed E-state index contributed by atoms with van der Waals surface area (Å²) in [6, 6.07) is 8.34. The van der Waals surface area contributed by atoms with E-state index in [1.807, 2.05) is 0 Å². The molecule has 0 saturated carbocycles. The Morgan fingerprint density at radius 1 is 0.947 bits per heavy atom. The van der Waals surface area contributed by atoms with Crippen LogP contribution in [0.4, 0.5) is 13.2 Å². The van der Waals surface area contributed by atoms with Crippen molar-refractivity contribution >= 4 is 11.6 Å². The third-order valence-corrected chi connectivity index (χ3v) is 3.28. The topological polar surface area (TPSA) is 0 Å².